The van der Waals surface area contributed by atoms with Gasteiger partial charge in [0.05, 0.1) is 11.0 Å². The monoisotopic (exact) mass is 389 g/mol. The first-order chi connectivity index (χ1) is 12.4. The van der Waals surface area contributed by atoms with Gasteiger partial charge in [-0.15, -0.1) is 0 Å². The molecule has 5 nitrogen and oxygen atoms in total. The normalized spacial score (nSPS) is 17.6. The van der Waals surface area contributed by atoms with Gasteiger partial charge in [0, 0.05) is 31.2 Å². The minimum atomic E-state index is -3.51. The summed E-state index contributed by atoms with van der Waals surface area (Å²) in [7, 11) is -3.51. The molecule has 7 heteroatoms. The van der Waals surface area contributed by atoms with Crippen LogP contribution >= 0.6 is 11.6 Å². The Hall–Kier alpha value is -1.91. The summed E-state index contributed by atoms with van der Waals surface area (Å²) in [6, 6.07) is 16.1. The van der Waals surface area contributed by atoms with E-state index in [9.17, 15) is 13.7 Å². The first-order valence-corrected chi connectivity index (χ1v) is 10.2. The first kappa shape index (κ1) is 18.9. The minimum absolute atomic E-state index is 0.350. The number of piperazine rings is 1. The fourth-order valence-corrected chi connectivity index (χ4v) is 4.97. The zero-order valence-corrected chi connectivity index (χ0v) is 16.0. The van der Waals surface area contributed by atoms with Gasteiger partial charge in [-0.3, -0.25) is 4.90 Å². The molecular weight excluding hydrogens is 370 g/mol. The Morgan fingerprint density at radius 1 is 1.04 bits per heavy atom. The molecule has 3 rings (SSSR count). The highest BCUT2D eigenvalue weighted by molar-refractivity contribution is 7.89. The van der Waals surface area contributed by atoms with Gasteiger partial charge < -0.3 is 0 Å². The van der Waals surface area contributed by atoms with Crippen LogP contribution in [0.5, 0.6) is 0 Å². The highest BCUT2D eigenvalue weighted by Crippen LogP contribution is 2.26. The molecule has 2 aromatic carbocycles. The summed E-state index contributed by atoms with van der Waals surface area (Å²) in [6.07, 6.45) is 0. The van der Waals surface area contributed by atoms with Gasteiger partial charge in [-0.1, -0.05) is 41.9 Å². The van der Waals surface area contributed by atoms with E-state index in [-0.39, 0.29) is 0 Å². The summed E-state index contributed by atoms with van der Waals surface area (Å²) in [5, 5.41) is 10.2. The molecule has 0 bridgehead atoms. The Morgan fingerprint density at radius 2 is 1.65 bits per heavy atom. The maximum atomic E-state index is 12.9. The van der Waals surface area contributed by atoms with Gasteiger partial charge in [0.2, 0.25) is 10.0 Å². The van der Waals surface area contributed by atoms with Crippen molar-refractivity contribution in [1.29, 1.82) is 5.26 Å². The van der Waals surface area contributed by atoms with Crippen molar-refractivity contribution in [2.45, 2.75) is 17.9 Å². The van der Waals surface area contributed by atoms with Gasteiger partial charge in [0.1, 0.15) is 6.04 Å². The van der Waals surface area contributed by atoms with E-state index in [1.807, 2.05) is 23.1 Å². The average molecular weight is 390 g/mol. The summed E-state index contributed by atoms with van der Waals surface area (Å²) in [6.45, 7) is 3.54. The molecule has 136 valence electrons. The third-order valence-corrected chi connectivity index (χ3v) is 6.97. The fourth-order valence-electron chi connectivity index (χ4n) is 3.20. The van der Waals surface area contributed by atoms with Crippen molar-refractivity contribution in [3.63, 3.8) is 0 Å². The smallest absolute Gasteiger partial charge is 0.243 e. The van der Waals surface area contributed by atoms with E-state index in [2.05, 4.69) is 6.07 Å². The number of halogens is 1. The molecule has 2 aromatic rings. The maximum Gasteiger partial charge on any atom is 0.243 e. The Balaban J connectivity index is 1.73. The van der Waals surface area contributed by atoms with Crippen molar-refractivity contribution in [3.8, 4) is 6.07 Å². The number of rotatable bonds is 4. The van der Waals surface area contributed by atoms with Crippen LogP contribution in [0.2, 0.25) is 5.02 Å². The predicted molar refractivity (Wildman–Crippen MR) is 101 cm³/mol. The Labute approximate surface area is 159 Å². The summed E-state index contributed by atoms with van der Waals surface area (Å²) in [5.74, 6) is 0. The fraction of sp³-hybridized carbons (Fsp3) is 0.316. The second kappa shape index (κ2) is 7.77. The Kier molecular flexibility index (Phi) is 5.64. The Bertz CT molecular complexity index is 915. The lowest BCUT2D eigenvalue weighted by Crippen LogP contribution is -2.49. The van der Waals surface area contributed by atoms with E-state index in [0.717, 1.165) is 11.1 Å². The van der Waals surface area contributed by atoms with Crippen LogP contribution in [0.3, 0.4) is 0 Å². The van der Waals surface area contributed by atoms with E-state index in [1.54, 1.807) is 37.3 Å². The average Bonchev–Trinajstić information content (AvgIpc) is 2.64. The number of aryl methyl sites for hydroxylation is 1. The second-order valence-electron chi connectivity index (χ2n) is 6.29. The molecule has 1 unspecified atom stereocenters. The van der Waals surface area contributed by atoms with E-state index in [1.165, 1.54) is 4.31 Å². The van der Waals surface area contributed by atoms with E-state index >= 15 is 0 Å². The van der Waals surface area contributed by atoms with E-state index < -0.39 is 16.1 Å². The number of nitrogens with zero attached hydrogens (tertiary/aromatic N) is 3. The van der Waals surface area contributed by atoms with Crippen molar-refractivity contribution in [2.75, 3.05) is 26.2 Å². The van der Waals surface area contributed by atoms with Crippen LogP contribution in [0.25, 0.3) is 0 Å². The lowest BCUT2D eigenvalue weighted by molar-refractivity contribution is 0.162. The highest BCUT2D eigenvalue weighted by atomic mass is 35.5. The van der Waals surface area contributed by atoms with E-state index in [0.29, 0.717) is 36.1 Å². The van der Waals surface area contributed by atoms with E-state index in [4.69, 9.17) is 11.6 Å². The van der Waals surface area contributed by atoms with Crippen LogP contribution in [0, 0.1) is 18.3 Å². The van der Waals surface area contributed by atoms with Crippen LogP contribution < -0.4 is 0 Å². The third kappa shape index (κ3) is 3.76. The lowest BCUT2D eigenvalue weighted by atomic mass is 10.1. The molecule has 1 atom stereocenters. The molecular formula is C19H20ClN3O2S. The number of sulfonamides is 1. The molecule has 1 aliphatic heterocycles. The molecule has 0 spiro atoms. The van der Waals surface area contributed by atoms with Crippen LogP contribution in [0.15, 0.2) is 53.4 Å². The summed E-state index contributed by atoms with van der Waals surface area (Å²) in [4.78, 5) is 2.36. The number of hydrogen-bond acceptors (Lipinski definition) is 4. The van der Waals surface area contributed by atoms with Gasteiger partial charge in [0.25, 0.3) is 0 Å². The standard InChI is InChI=1S/C19H20ClN3O2S/c1-15-4-2-3-5-19(15)26(24,25)23-12-10-22(11-13-23)18(14-21)16-6-8-17(20)9-7-16/h2-9,18H,10-13H2,1H3. The molecule has 0 N–H and O–H groups in total. The molecule has 1 heterocycles. The van der Waals surface area contributed by atoms with Crippen molar-refractivity contribution in [1.82, 2.24) is 9.21 Å². The van der Waals surface area contributed by atoms with Crippen LogP contribution in [0.1, 0.15) is 17.2 Å². The number of hydrogen-bond donors (Lipinski definition) is 0. The molecule has 1 aliphatic rings. The van der Waals surface area contributed by atoms with Gasteiger partial charge >= 0.3 is 0 Å². The van der Waals surface area contributed by atoms with Crippen molar-refractivity contribution < 1.29 is 8.42 Å². The van der Waals surface area contributed by atoms with Crippen molar-refractivity contribution in [2.24, 2.45) is 0 Å². The number of benzene rings is 2. The second-order valence-corrected chi connectivity index (χ2v) is 8.63. The molecule has 0 radical (unpaired) electrons. The predicted octanol–water partition coefficient (Wildman–Crippen LogP) is 3.22. The first-order valence-electron chi connectivity index (χ1n) is 8.38. The zero-order valence-electron chi connectivity index (χ0n) is 14.5. The molecule has 0 amide bonds. The molecule has 0 aromatic heterocycles. The van der Waals surface area contributed by atoms with Gasteiger partial charge in [-0.05, 0) is 36.2 Å². The topological polar surface area (TPSA) is 64.4 Å². The van der Waals surface area contributed by atoms with Gasteiger partial charge in [-0.25, -0.2) is 8.42 Å². The van der Waals surface area contributed by atoms with Crippen LogP contribution in [-0.4, -0.2) is 43.8 Å². The largest absolute Gasteiger partial charge is 0.282 e. The SMILES string of the molecule is Cc1ccccc1S(=O)(=O)N1CCN(C(C#N)c2ccc(Cl)cc2)CC1. The van der Waals surface area contributed by atoms with Gasteiger partial charge in [-0.2, -0.15) is 9.57 Å². The third-order valence-electron chi connectivity index (χ3n) is 4.66. The lowest BCUT2D eigenvalue weighted by Gasteiger charge is -2.36. The maximum absolute atomic E-state index is 12.9. The highest BCUT2D eigenvalue weighted by Gasteiger charge is 2.32. The summed E-state index contributed by atoms with van der Waals surface area (Å²) in [5.41, 5.74) is 1.61. The van der Waals surface area contributed by atoms with Crippen LogP contribution in [0.4, 0.5) is 0 Å². The van der Waals surface area contributed by atoms with Gasteiger partial charge in [0.15, 0.2) is 0 Å². The van der Waals surface area contributed by atoms with Crippen molar-refractivity contribution in [3.05, 3.63) is 64.7 Å². The quantitative estimate of drug-likeness (QED) is 0.805. The van der Waals surface area contributed by atoms with Crippen LogP contribution in [-0.2, 0) is 10.0 Å². The minimum Gasteiger partial charge on any atom is -0.282 e. The summed E-state index contributed by atoms with van der Waals surface area (Å²) >= 11 is 5.92. The Morgan fingerprint density at radius 3 is 2.23 bits per heavy atom. The molecule has 0 saturated carbocycles. The molecule has 26 heavy (non-hydrogen) atoms. The zero-order chi connectivity index (χ0) is 18.7. The molecule has 1 saturated heterocycles. The summed E-state index contributed by atoms with van der Waals surface area (Å²) < 4.78 is 27.3. The number of nitriles is 1. The molecule has 1 fully saturated rings. The molecule has 0 aliphatic carbocycles. The van der Waals surface area contributed by atoms with Crippen molar-refractivity contribution >= 4 is 21.6 Å².